The van der Waals surface area contributed by atoms with Gasteiger partial charge in [-0.3, -0.25) is 9.78 Å². The number of nitrogens with one attached hydrogen (secondary N) is 1. The molecule has 3 atom stereocenters. The summed E-state index contributed by atoms with van der Waals surface area (Å²) in [6.07, 6.45) is 3.77. The van der Waals surface area contributed by atoms with Gasteiger partial charge in [-0.25, -0.2) is 0 Å². The van der Waals surface area contributed by atoms with Crippen LogP contribution in [0.15, 0.2) is 30.5 Å². The normalized spacial score (nSPS) is 26.7. The second-order valence-electron chi connectivity index (χ2n) is 7.68. The number of halogens is 1. The van der Waals surface area contributed by atoms with Gasteiger partial charge in [-0.1, -0.05) is 18.5 Å². The fourth-order valence-electron chi connectivity index (χ4n) is 4.33. The van der Waals surface area contributed by atoms with E-state index in [0.29, 0.717) is 17.0 Å². The summed E-state index contributed by atoms with van der Waals surface area (Å²) in [7, 11) is 1.88. The third-order valence-electron chi connectivity index (χ3n) is 5.56. The number of carbonyl (C=O) groups excluding carboxylic acids is 1. The van der Waals surface area contributed by atoms with Crippen molar-refractivity contribution in [2.75, 3.05) is 31.6 Å². The molecule has 0 spiro atoms. The quantitative estimate of drug-likeness (QED) is 0.900. The molecule has 3 heterocycles. The number of benzene rings is 1. The second-order valence-corrected chi connectivity index (χ2v) is 8.08. The van der Waals surface area contributed by atoms with Crippen LogP contribution in [0.2, 0.25) is 5.02 Å². The number of likely N-dealkylation sites (N-methyl/N-ethyl adjacent to an activating group) is 1. The highest BCUT2D eigenvalue weighted by Crippen LogP contribution is 2.33. The predicted octanol–water partition coefficient (Wildman–Crippen LogP) is 2.92. The van der Waals surface area contributed by atoms with Crippen molar-refractivity contribution in [1.82, 2.24) is 15.2 Å². The number of pyridine rings is 1. The highest BCUT2D eigenvalue weighted by atomic mass is 35.5. The van der Waals surface area contributed by atoms with Gasteiger partial charge in [-0.05, 0) is 43.0 Å². The van der Waals surface area contributed by atoms with Gasteiger partial charge in [0.05, 0.1) is 16.6 Å². The summed E-state index contributed by atoms with van der Waals surface area (Å²) in [6, 6.07) is 8.33. The molecule has 138 valence electrons. The van der Waals surface area contributed by atoms with E-state index in [-0.39, 0.29) is 11.9 Å². The molecule has 2 aliphatic rings. The molecular formula is C20H25ClN4O. The maximum atomic E-state index is 12.3. The van der Waals surface area contributed by atoms with Crippen LogP contribution in [0.5, 0.6) is 0 Å². The maximum absolute atomic E-state index is 12.3. The predicted molar refractivity (Wildman–Crippen MR) is 106 cm³/mol. The summed E-state index contributed by atoms with van der Waals surface area (Å²) in [5, 5.41) is 5.38. The Morgan fingerprint density at radius 2 is 2.12 bits per heavy atom. The first kappa shape index (κ1) is 17.6. The van der Waals surface area contributed by atoms with Gasteiger partial charge in [0.15, 0.2) is 0 Å². The molecule has 1 aromatic carbocycles. The number of anilines is 1. The second kappa shape index (κ2) is 7.05. The molecule has 26 heavy (non-hydrogen) atoms. The van der Waals surface area contributed by atoms with E-state index >= 15 is 0 Å². The molecule has 4 rings (SSSR count). The van der Waals surface area contributed by atoms with Gasteiger partial charge in [0, 0.05) is 50.0 Å². The lowest BCUT2D eigenvalue weighted by molar-refractivity contribution is -0.128. The molecule has 1 aromatic heterocycles. The van der Waals surface area contributed by atoms with Crippen molar-refractivity contribution >= 4 is 34.1 Å². The SMILES string of the molecule is C[C@H]1C[C@@H](NC2CCN(C)C2=O)CN(c2ccc(Cl)c3ncccc23)C1. The van der Waals surface area contributed by atoms with Gasteiger partial charge in [-0.2, -0.15) is 0 Å². The maximum Gasteiger partial charge on any atom is 0.239 e. The molecule has 5 nitrogen and oxygen atoms in total. The number of nitrogens with zero attached hydrogens (tertiary/aromatic N) is 3. The average Bonchev–Trinajstić information content (AvgIpc) is 2.94. The van der Waals surface area contributed by atoms with Crippen LogP contribution in [0.3, 0.4) is 0 Å². The molecule has 0 aliphatic carbocycles. The molecule has 1 N–H and O–H groups in total. The molecule has 1 amide bonds. The van der Waals surface area contributed by atoms with Gasteiger partial charge in [-0.15, -0.1) is 0 Å². The van der Waals surface area contributed by atoms with Crippen LogP contribution in [0.4, 0.5) is 5.69 Å². The zero-order chi connectivity index (χ0) is 18.3. The topological polar surface area (TPSA) is 48.5 Å². The molecule has 2 saturated heterocycles. The Balaban J connectivity index is 1.58. The lowest BCUT2D eigenvalue weighted by Gasteiger charge is -2.39. The lowest BCUT2D eigenvalue weighted by atomic mass is 9.94. The number of aromatic nitrogens is 1. The van der Waals surface area contributed by atoms with E-state index in [0.717, 1.165) is 43.4 Å². The van der Waals surface area contributed by atoms with E-state index in [1.54, 1.807) is 6.20 Å². The molecule has 6 heteroatoms. The Labute approximate surface area is 159 Å². The molecule has 2 aromatic rings. The molecule has 2 fully saturated rings. The lowest BCUT2D eigenvalue weighted by Crippen LogP contribution is -2.53. The zero-order valence-electron chi connectivity index (χ0n) is 15.3. The minimum Gasteiger partial charge on any atom is -0.369 e. The van der Waals surface area contributed by atoms with Crippen molar-refractivity contribution in [3.63, 3.8) is 0 Å². The van der Waals surface area contributed by atoms with Gasteiger partial charge < -0.3 is 15.1 Å². The van der Waals surface area contributed by atoms with E-state index in [9.17, 15) is 4.79 Å². The van der Waals surface area contributed by atoms with Crippen molar-refractivity contribution in [1.29, 1.82) is 0 Å². The zero-order valence-corrected chi connectivity index (χ0v) is 16.0. The van der Waals surface area contributed by atoms with Crippen molar-refractivity contribution in [2.45, 2.75) is 31.8 Å². The molecule has 0 radical (unpaired) electrons. The summed E-state index contributed by atoms with van der Waals surface area (Å²) in [5.41, 5.74) is 2.02. The van der Waals surface area contributed by atoms with Crippen LogP contribution in [0.25, 0.3) is 10.9 Å². The third-order valence-corrected chi connectivity index (χ3v) is 5.87. The van der Waals surface area contributed by atoms with Crippen molar-refractivity contribution in [3.05, 3.63) is 35.5 Å². The van der Waals surface area contributed by atoms with Crippen molar-refractivity contribution < 1.29 is 4.79 Å². The molecule has 0 saturated carbocycles. The highest BCUT2D eigenvalue weighted by molar-refractivity contribution is 6.35. The summed E-state index contributed by atoms with van der Waals surface area (Å²) in [6.45, 7) is 5.02. The van der Waals surface area contributed by atoms with E-state index in [4.69, 9.17) is 11.6 Å². The van der Waals surface area contributed by atoms with E-state index in [1.165, 1.54) is 5.69 Å². The number of piperidine rings is 1. The van der Waals surface area contributed by atoms with Crippen molar-refractivity contribution in [3.8, 4) is 0 Å². The summed E-state index contributed by atoms with van der Waals surface area (Å²) >= 11 is 6.33. The number of hydrogen-bond donors (Lipinski definition) is 1. The van der Waals surface area contributed by atoms with Crippen molar-refractivity contribution in [2.24, 2.45) is 5.92 Å². The van der Waals surface area contributed by atoms with Crippen LogP contribution in [-0.4, -0.2) is 54.6 Å². The Kier molecular flexibility index (Phi) is 4.76. The summed E-state index contributed by atoms with van der Waals surface area (Å²) in [5.74, 6) is 0.772. The minimum absolute atomic E-state index is 0.0409. The number of rotatable bonds is 3. The van der Waals surface area contributed by atoms with Gasteiger partial charge >= 0.3 is 0 Å². The standard InChI is InChI=1S/C20H25ClN4O/c1-13-10-14(23-17-7-9-24(2)20(17)26)12-25(11-13)18-6-5-16(21)19-15(18)4-3-8-22-19/h3-6,8,13-14,17,23H,7,9-12H2,1-2H3/t13-,14+,17?/m0/s1. The Morgan fingerprint density at radius 1 is 1.27 bits per heavy atom. The molecule has 1 unspecified atom stereocenters. The number of hydrogen-bond acceptors (Lipinski definition) is 4. The summed E-state index contributed by atoms with van der Waals surface area (Å²) in [4.78, 5) is 20.9. The van der Waals surface area contributed by atoms with Crippen LogP contribution < -0.4 is 10.2 Å². The highest BCUT2D eigenvalue weighted by Gasteiger charge is 2.33. The van der Waals surface area contributed by atoms with Gasteiger partial charge in [0.25, 0.3) is 0 Å². The van der Waals surface area contributed by atoms with E-state index in [1.807, 2.05) is 24.1 Å². The Bertz CT molecular complexity index is 827. The average molecular weight is 373 g/mol. The first-order valence-electron chi connectivity index (χ1n) is 9.32. The van der Waals surface area contributed by atoms with E-state index < -0.39 is 0 Å². The Hall–Kier alpha value is -1.85. The number of amides is 1. The molecular weight excluding hydrogens is 348 g/mol. The smallest absolute Gasteiger partial charge is 0.239 e. The van der Waals surface area contributed by atoms with Crippen LogP contribution in [0, 0.1) is 5.92 Å². The monoisotopic (exact) mass is 372 g/mol. The number of likely N-dealkylation sites (tertiary alicyclic amines) is 1. The summed E-state index contributed by atoms with van der Waals surface area (Å²) < 4.78 is 0. The molecule has 0 bridgehead atoms. The number of fused-ring (bicyclic) bond motifs is 1. The van der Waals surface area contributed by atoms with Crippen LogP contribution in [-0.2, 0) is 4.79 Å². The molecule has 2 aliphatic heterocycles. The fourth-order valence-corrected chi connectivity index (χ4v) is 4.54. The van der Waals surface area contributed by atoms with Crippen LogP contribution in [0.1, 0.15) is 19.8 Å². The van der Waals surface area contributed by atoms with Gasteiger partial charge in [0.1, 0.15) is 0 Å². The van der Waals surface area contributed by atoms with Crippen LogP contribution >= 0.6 is 11.6 Å². The first-order valence-corrected chi connectivity index (χ1v) is 9.70. The Morgan fingerprint density at radius 3 is 2.88 bits per heavy atom. The fraction of sp³-hybridized carbons (Fsp3) is 0.500. The third kappa shape index (κ3) is 3.26. The largest absolute Gasteiger partial charge is 0.369 e. The minimum atomic E-state index is -0.0409. The first-order chi connectivity index (χ1) is 12.5. The van der Waals surface area contributed by atoms with E-state index in [2.05, 4.69) is 34.3 Å². The number of carbonyl (C=O) groups is 1. The van der Waals surface area contributed by atoms with Gasteiger partial charge in [0.2, 0.25) is 5.91 Å².